The molecule has 21 heavy (non-hydrogen) atoms. The molecule has 2 aliphatic rings. The van der Waals surface area contributed by atoms with Crippen LogP contribution in [0.3, 0.4) is 0 Å². The molecule has 0 aromatic carbocycles. The number of fused-ring (bicyclic) bond motifs is 1. The van der Waals surface area contributed by atoms with Crippen molar-refractivity contribution in [2.75, 3.05) is 36.9 Å². The van der Waals surface area contributed by atoms with Crippen molar-refractivity contribution in [3.63, 3.8) is 0 Å². The van der Waals surface area contributed by atoms with Gasteiger partial charge in [0.25, 0.3) is 0 Å². The van der Waals surface area contributed by atoms with Crippen LogP contribution in [0.4, 0.5) is 11.8 Å². The number of aliphatic carboxylic acids is 1. The van der Waals surface area contributed by atoms with Crippen LogP contribution in [0.5, 0.6) is 0 Å². The van der Waals surface area contributed by atoms with Crippen LogP contribution in [0.25, 0.3) is 0 Å². The van der Waals surface area contributed by atoms with Crippen molar-refractivity contribution < 1.29 is 14.6 Å². The highest BCUT2D eigenvalue weighted by atomic mass is 35.5. The fourth-order valence-electron chi connectivity index (χ4n) is 3.24. The molecule has 8 heteroatoms. The molecule has 1 aromatic heterocycles. The van der Waals surface area contributed by atoms with Gasteiger partial charge < -0.3 is 20.5 Å². The summed E-state index contributed by atoms with van der Waals surface area (Å²) in [4.78, 5) is 21.9. The fourth-order valence-corrected chi connectivity index (χ4v) is 3.44. The molecule has 0 spiro atoms. The molecule has 1 aromatic rings. The van der Waals surface area contributed by atoms with Crippen LogP contribution in [-0.2, 0) is 9.53 Å². The summed E-state index contributed by atoms with van der Waals surface area (Å²) in [5, 5.41) is 10.1. The number of nitrogens with zero attached hydrogens (tertiary/aromatic N) is 3. The molecule has 2 saturated heterocycles. The predicted molar refractivity (Wildman–Crippen MR) is 77.4 cm³/mol. The highest BCUT2D eigenvalue weighted by Gasteiger charge is 2.54. The molecule has 0 saturated carbocycles. The number of nitrogens with two attached hydrogens (primary N) is 1. The molecule has 2 aliphatic heterocycles. The first-order chi connectivity index (χ1) is 9.94. The number of carboxylic acids is 1. The molecule has 2 atom stereocenters. The van der Waals surface area contributed by atoms with Crippen molar-refractivity contribution in [3.05, 3.63) is 10.7 Å². The lowest BCUT2D eigenvalue weighted by molar-refractivity contribution is -0.157. The highest BCUT2D eigenvalue weighted by molar-refractivity contribution is 6.33. The Balaban J connectivity index is 1.98. The van der Waals surface area contributed by atoms with Crippen LogP contribution in [-0.4, -0.2) is 47.3 Å². The zero-order valence-electron chi connectivity index (χ0n) is 11.7. The molecule has 3 rings (SSSR count). The van der Waals surface area contributed by atoms with E-state index < -0.39 is 11.4 Å². The first kappa shape index (κ1) is 14.3. The number of rotatable bonds is 2. The van der Waals surface area contributed by atoms with Crippen molar-refractivity contribution >= 4 is 29.3 Å². The number of nitrogen functional groups attached to an aromatic ring is 1. The van der Waals surface area contributed by atoms with E-state index in [2.05, 4.69) is 9.97 Å². The maximum atomic E-state index is 11.8. The van der Waals surface area contributed by atoms with E-state index in [0.717, 1.165) is 0 Å². The van der Waals surface area contributed by atoms with E-state index in [0.29, 0.717) is 49.3 Å². The minimum Gasteiger partial charge on any atom is -0.481 e. The van der Waals surface area contributed by atoms with Gasteiger partial charge in [-0.05, 0) is 13.3 Å². The second kappa shape index (κ2) is 4.99. The summed E-state index contributed by atoms with van der Waals surface area (Å²) in [5.41, 5.74) is 5.48. The van der Waals surface area contributed by atoms with E-state index in [1.54, 1.807) is 6.92 Å². The SMILES string of the molecule is Cc1nc(N)nc(N2C[C@@H]3COCC[C@]3(C(=O)O)C2)c1Cl. The van der Waals surface area contributed by atoms with Crippen LogP contribution in [0.2, 0.25) is 5.02 Å². The molecule has 0 radical (unpaired) electrons. The molecule has 0 amide bonds. The zero-order valence-corrected chi connectivity index (χ0v) is 12.4. The molecule has 0 unspecified atom stereocenters. The Morgan fingerprint density at radius 1 is 1.57 bits per heavy atom. The number of ether oxygens (including phenoxy) is 1. The van der Waals surface area contributed by atoms with Crippen LogP contribution in [0.15, 0.2) is 0 Å². The number of halogens is 1. The van der Waals surface area contributed by atoms with E-state index in [4.69, 9.17) is 22.1 Å². The summed E-state index contributed by atoms with van der Waals surface area (Å²) >= 11 is 6.27. The maximum absolute atomic E-state index is 11.8. The summed E-state index contributed by atoms with van der Waals surface area (Å²) < 4.78 is 5.44. The minimum absolute atomic E-state index is 0.0729. The minimum atomic E-state index is -0.796. The smallest absolute Gasteiger partial charge is 0.311 e. The molecule has 3 heterocycles. The Kier molecular flexibility index (Phi) is 3.41. The Morgan fingerprint density at radius 2 is 2.33 bits per heavy atom. The zero-order chi connectivity index (χ0) is 15.2. The molecular weight excluding hydrogens is 296 g/mol. The van der Waals surface area contributed by atoms with Gasteiger partial charge in [0.05, 0.1) is 17.7 Å². The Morgan fingerprint density at radius 3 is 3.00 bits per heavy atom. The van der Waals surface area contributed by atoms with Crippen LogP contribution < -0.4 is 10.6 Å². The molecule has 0 bridgehead atoms. The fraction of sp³-hybridized carbons (Fsp3) is 0.615. The quantitative estimate of drug-likeness (QED) is 0.838. The third kappa shape index (κ3) is 2.20. The third-order valence-electron chi connectivity index (χ3n) is 4.45. The van der Waals surface area contributed by atoms with Crippen LogP contribution >= 0.6 is 11.6 Å². The number of carboxylic acid groups (broad SMARTS) is 1. The monoisotopic (exact) mass is 312 g/mol. The largest absolute Gasteiger partial charge is 0.481 e. The second-order valence-electron chi connectivity index (χ2n) is 5.67. The average Bonchev–Trinajstić information content (AvgIpc) is 2.83. The normalized spacial score (nSPS) is 28.5. The van der Waals surface area contributed by atoms with E-state index in [9.17, 15) is 9.90 Å². The lowest BCUT2D eigenvalue weighted by Gasteiger charge is -2.33. The van der Waals surface area contributed by atoms with Gasteiger partial charge in [0.15, 0.2) is 5.82 Å². The van der Waals surface area contributed by atoms with Crippen molar-refractivity contribution in [3.8, 4) is 0 Å². The van der Waals surface area contributed by atoms with Gasteiger partial charge in [0.1, 0.15) is 5.02 Å². The molecule has 7 nitrogen and oxygen atoms in total. The van der Waals surface area contributed by atoms with Crippen LogP contribution in [0.1, 0.15) is 12.1 Å². The molecule has 114 valence electrons. The van der Waals surface area contributed by atoms with Gasteiger partial charge in [-0.2, -0.15) is 4.98 Å². The number of carbonyl (C=O) groups is 1. The number of hydrogen-bond donors (Lipinski definition) is 2. The molecule has 2 fully saturated rings. The molecule has 0 aliphatic carbocycles. The van der Waals surface area contributed by atoms with Gasteiger partial charge in [-0.1, -0.05) is 11.6 Å². The van der Waals surface area contributed by atoms with E-state index in [1.807, 2.05) is 4.90 Å². The Labute approximate surface area is 127 Å². The second-order valence-corrected chi connectivity index (χ2v) is 6.05. The van der Waals surface area contributed by atoms with E-state index in [1.165, 1.54) is 0 Å². The van der Waals surface area contributed by atoms with Gasteiger partial charge >= 0.3 is 5.97 Å². The van der Waals surface area contributed by atoms with E-state index in [-0.39, 0.29) is 11.9 Å². The van der Waals surface area contributed by atoms with Gasteiger partial charge in [0.2, 0.25) is 5.95 Å². The maximum Gasteiger partial charge on any atom is 0.311 e. The number of aryl methyl sites for hydroxylation is 1. The summed E-state index contributed by atoms with van der Waals surface area (Å²) in [6, 6.07) is 0. The van der Waals surface area contributed by atoms with Gasteiger partial charge in [0, 0.05) is 25.6 Å². The average molecular weight is 313 g/mol. The molecule has 3 N–H and O–H groups in total. The topological polar surface area (TPSA) is 102 Å². The number of anilines is 2. The van der Waals surface area contributed by atoms with Gasteiger partial charge in [-0.25, -0.2) is 4.98 Å². The highest BCUT2D eigenvalue weighted by Crippen LogP contribution is 2.45. The van der Waals surface area contributed by atoms with E-state index >= 15 is 0 Å². The van der Waals surface area contributed by atoms with Crippen molar-refractivity contribution in [1.29, 1.82) is 0 Å². The Bertz CT molecular complexity index is 597. The number of hydrogen-bond acceptors (Lipinski definition) is 6. The van der Waals surface area contributed by atoms with Crippen LogP contribution in [0, 0.1) is 18.3 Å². The lowest BCUT2D eigenvalue weighted by Crippen LogP contribution is -2.44. The summed E-state index contributed by atoms with van der Waals surface area (Å²) in [7, 11) is 0. The number of aromatic nitrogens is 2. The van der Waals surface area contributed by atoms with Crippen molar-refractivity contribution in [1.82, 2.24) is 9.97 Å². The predicted octanol–water partition coefficient (Wildman–Crippen LogP) is 0.948. The summed E-state index contributed by atoms with van der Waals surface area (Å²) in [6.45, 7) is 3.58. The molecular formula is C13H17ClN4O3. The summed E-state index contributed by atoms with van der Waals surface area (Å²) in [5.74, 6) is -0.205. The summed E-state index contributed by atoms with van der Waals surface area (Å²) in [6.07, 6.45) is 0.501. The van der Waals surface area contributed by atoms with Crippen molar-refractivity contribution in [2.45, 2.75) is 13.3 Å². The third-order valence-corrected chi connectivity index (χ3v) is 4.89. The Hall–Kier alpha value is -1.60. The first-order valence-electron chi connectivity index (χ1n) is 6.80. The first-order valence-corrected chi connectivity index (χ1v) is 7.17. The van der Waals surface area contributed by atoms with Gasteiger partial charge in [-0.15, -0.1) is 0 Å². The standard InChI is InChI=1S/C13H17ClN4O3/c1-7-9(14)10(17-12(15)16-7)18-4-8-5-21-3-2-13(8,6-18)11(19)20/h8H,2-6H2,1H3,(H,19,20)(H2,15,16,17)/t8-,13+/m1/s1. The lowest BCUT2D eigenvalue weighted by atomic mass is 9.74. The van der Waals surface area contributed by atoms with Gasteiger partial charge in [-0.3, -0.25) is 4.79 Å². The van der Waals surface area contributed by atoms with Crippen molar-refractivity contribution in [2.24, 2.45) is 11.3 Å².